The summed E-state index contributed by atoms with van der Waals surface area (Å²) in [6, 6.07) is 0. The molecule has 1 N–H and O–H groups in total. The molecule has 1 unspecified atom stereocenters. The van der Waals surface area contributed by atoms with Crippen LogP contribution in [-0.2, 0) is 9.53 Å². The molecule has 58 valence electrons. The van der Waals surface area contributed by atoms with Crippen molar-refractivity contribution < 1.29 is 14.6 Å². The number of rotatable bonds is 1. The van der Waals surface area contributed by atoms with Crippen LogP contribution < -0.4 is 0 Å². The highest BCUT2D eigenvalue weighted by Gasteiger charge is 2.40. The average molecular weight is 144 g/mol. The zero-order valence-corrected chi connectivity index (χ0v) is 6.26. The fraction of sp³-hybridized carbons (Fsp3) is 0.857. The van der Waals surface area contributed by atoms with Gasteiger partial charge in [-0.1, -0.05) is 0 Å². The van der Waals surface area contributed by atoms with Gasteiger partial charge in [-0.3, -0.25) is 4.79 Å². The molecule has 0 aromatic carbocycles. The minimum atomic E-state index is -0.748. The van der Waals surface area contributed by atoms with E-state index in [1.165, 1.54) is 0 Å². The number of hydrogen-bond acceptors (Lipinski definition) is 2. The number of carboxylic acids is 1. The molecule has 1 rings (SSSR count). The van der Waals surface area contributed by atoms with E-state index in [1.54, 1.807) is 0 Å². The molecule has 1 aliphatic heterocycles. The van der Waals surface area contributed by atoms with Crippen LogP contribution in [0.15, 0.2) is 0 Å². The minimum absolute atomic E-state index is 0.326. The van der Waals surface area contributed by atoms with Crippen molar-refractivity contribution in [3.05, 3.63) is 0 Å². The summed E-state index contributed by atoms with van der Waals surface area (Å²) < 4.78 is 5.23. The van der Waals surface area contributed by atoms with Crippen LogP contribution in [0.25, 0.3) is 0 Å². The molecular formula is C7H12O3. The van der Waals surface area contributed by atoms with E-state index < -0.39 is 11.6 Å². The fourth-order valence-corrected chi connectivity index (χ4v) is 1.31. The topological polar surface area (TPSA) is 46.5 Å². The van der Waals surface area contributed by atoms with Gasteiger partial charge in [0.1, 0.15) is 0 Å². The lowest BCUT2D eigenvalue weighted by Gasteiger charge is -2.21. The first-order valence-electron chi connectivity index (χ1n) is 3.41. The van der Waals surface area contributed by atoms with Gasteiger partial charge in [0.05, 0.1) is 11.5 Å². The first-order chi connectivity index (χ1) is 4.54. The van der Waals surface area contributed by atoms with Gasteiger partial charge in [0, 0.05) is 6.61 Å². The average Bonchev–Trinajstić information content (AvgIpc) is 2.08. The van der Waals surface area contributed by atoms with Crippen molar-refractivity contribution in [2.24, 2.45) is 5.92 Å². The molecule has 1 saturated heterocycles. The molecule has 0 radical (unpaired) electrons. The molecule has 0 aromatic rings. The molecule has 10 heavy (non-hydrogen) atoms. The maximum Gasteiger partial charge on any atom is 0.309 e. The summed E-state index contributed by atoms with van der Waals surface area (Å²) in [7, 11) is 0. The summed E-state index contributed by atoms with van der Waals surface area (Å²) in [6.07, 6.45) is 0.641. The van der Waals surface area contributed by atoms with Gasteiger partial charge in [0.15, 0.2) is 0 Å². The van der Waals surface area contributed by atoms with E-state index in [-0.39, 0.29) is 5.92 Å². The molecule has 1 atom stereocenters. The molecule has 0 bridgehead atoms. The SMILES string of the molecule is CC1(C)OCCC1C(=O)O. The largest absolute Gasteiger partial charge is 0.481 e. The third-order valence-electron chi connectivity index (χ3n) is 2.02. The van der Waals surface area contributed by atoms with Crippen molar-refractivity contribution >= 4 is 5.97 Å². The number of carboxylic acid groups (broad SMARTS) is 1. The Labute approximate surface area is 60.0 Å². The summed E-state index contributed by atoms with van der Waals surface area (Å²) in [5.74, 6) is -1.07. The predicted octanol–water partition coefficient (Wildman–Crippen LogP) is 0.886. The lowest BCUT2D eigenvalue weighted by molar-refractivity contribution is -0.146. The summed E-state index contributed by atoms with van der Waals surface area (Å²) in [6.45, 7) is 4.21. The zero-order chi connectivity index (χ0) is 7.78. The molecular weight excluding hydrogens is 132 g/mol. The van der Waals surface area contributed by atoms with E-state index in [2.05, 4.69) is 0 Å². The van der Waals surface area contributed by atoms with E-state index in [0.717, 1.165) is 0 Å². The lowest BCUT2D eigenvalue weighted by atomic mass is 9.91. The van der Waals surface area contributed by atoms with Crippen molar-refractivity contribution in [3.63, 3.8) is 0 Å². The second-order valence-electron chi connectivity index (χ2n) is 3.13. The van der Waals surface area contributed by atoms with Gasteiger partial charge < -0.3 is 9.84 Å². The van der Waals surface area contributed by atoms with Crippen molar-refractivity contribution in [2.75, 3.05) is 6.61 Å². The summed E-state index contributed by atoms with van der Waals surface area (Å²) in [4.78, 5) is 10.5. The van der Waals surface area contributed by atoms with E-state index >= 15 is 0 Å². The lowest BCUT2D eigenvalue weighted by Crippen LogP contribution is -2.32. The summed E-state index contributed by atoms with van der Waals surface area (Å²) in [5.41, 5.74) is -0.466. The molecule has 0 aromatic heterocycles. The van der Waals surface area contributed by atoms with E-state index in [9.17, 15) is 4.79 Å². The molecule has 1 fully saturated rings. The van der Waals surface area contributed by atoms with Gasteiger partial charge >= 0.3 is 5.97 Å². The number of hydrogen-bond donors (Lipinski definition) is 1. The molecule has 0 saturated carbocycles. The third kappa shape index (κ3) is 1.14. The zero-order valence-electron chi connectivity index (χ0n) is 6.26. The van der Waals surface area contributed by atoms with E-state index in [1.807, 2.05) is 13.8 Å². The monoisotopic (exact) mass is 144 g/mol. The van der Waals surface area contributed by atoms with Crippen molar-refractivity contribution in [2.45, 2.75) is 25.9 Å². The van der Waals surface area contributed by atoms with Crippen LogP contribution in [0.2, 0.25) is 0 Å². The highest BCUT2D eigenvalue weighted by atomic mass is 16.5. The molecule has 1 aliphatic rings. The quantitative estimate of drug-likeness (QED) is 0.594. The molecule has 0 amide bonds. The first kappa shape index (κ1) is 7.54. The Hall–Kier alpha value is -0.570. The molecule has 1 heterocycles. The molecule has 0 aliphatic carbocycles. The van der Waals surface area contributed by atoms with Gasteiger partial charge in [-0.25, -0.2) is 0 Å². The second kappa shape index (κ2) is 2.23. The molecule has 3 heteroatoms. The number of carbonyl (C=O) groups is 1. The summed E-state index contributed by atoms with van der Waals surface area (Å²) in [5, 5.41) is 8.67. The molecule has 3 nitrogen and oxygen atoms in total. The Morgan fingerprint density at radius 2 is 2.30 bits per heavy atom. The van der Waals surface area contributed by atoms with Gasteiger partial charge in [-0.2, -0.15) is 0 Å². The summed E-state index contributed by atoms with van der Waals surface area (Å²) >= 11 is 0. The second-order valence-corrected chi connectivity index (χ2v) is 3.13. The van der Waals surface area contributed by atoms with Crippen LogP contribution in [0.4, 0.5) is 0 Å². The van der Waals surface area contributed by atoms with Crippen molar-refractivity contribution in [3.8, 4) is 0 Å². The first-order valence-corrected chi connectivity index (χ1v) is 3.41. The van der Waals surface area contributed by atoms with Gasteiger partial charge in [-0.15, -0.1) is 0 Å². The van der Waals surface area contributed by atoms with Crippen LogP contribution in [0.3, 0.4) is 0 Å². The van der Waals surface area contributed by atoms with Crippen LogP contribution in [-0.4, -0.2) is 23.3 Å². The highest BCUT2D eigenvalue weighted by molar-refractivity contribution is 5.71. The smallest absolute Gasteiger partial charge is 0.309 e. The minimum Gasteiger partial charge on any atom is -0.481 e. The van der Waals surface area contributed by atoms with Crippen molar-refractivity contribution in [1.29, 1.82) is 0 Å². The standard InChI is InChI=1S/C7H12O3/c1-7(2)5(6(8)9)3-4-10-7/h5H,3-4H2,1-2H3,(H,8,9). The Kier molecular flexibility index (Phi) is 1.68. The van der Waals surface area contributed by atoms with Crippen LogP contribution in [0.5, 0.6) is 0 Å². The maximum atomic E-state index is 10.5. The number of ether oxygens (including phenoxy) is 1. The Bertz CT molecular complexity index is 151. The number of aliphatic carboxylic acids is 1. The normalized spacial score (nSPS) is 30.4. The predicted molar refractivity (Wildman–Crippen MR) is 35.8 cm³/mol. The molecule has 0 spiro atoms. The third-order valence-corrected chi connectivity index (χ3v) is 2.02. The Morgan fingerprint density at radius 3 is 2.50 bits per heavy atom. The van der Waals surface area contributed by atoms with Gasteiger partial charge in [-0.05, 0) is 20.3 Å². The van der Waals surface area contributed by atoms with E-state index in [0.29, 0.717) is 13.0 Å². The van der Waals surface area contributed by atoms with E-state index in [4.69, 9.17) is 9.84 Å². The Balaban J connectivity index is 2.68. The maximum absolute atomic E-state index is 10.5. The van der Waals surface area contributed by atoms with Crippen molar-refractivity contribution in [1.82, 2.24) is 0 Å². The Morgan fingerprint density at radius 1 is 1.70 bits per heavy atom. The van der Waals surface area contributed by atoms with Crippen LogP contribution in [0.1, 0.15) is 20.3 Å². The van der Waals surface area contributed by atoms with Crippen LogP contribution >= 0.6 is 0 Å². The van der Waals surface area contributed by atoms with Gasteiger partial charge in [0.25, 0.3) is 0 Å². The highest BCUT2D eigenvalue weighted by Crippen LogP contribution is 2.31. The fourth-order valence-electron chi connectivity index (χ4n) is 1.31. The van der Waals surface area contributed by atoms with Gasteiger partial charge in [0.2, 0.25) is 0 Å². The van der Waals surface area contributed by atoms with Crippen LogP contribution in [0, 0.1) is 5.92 Å².